The molecule has 0 bridgehead atoms. The molecule has 324 valence electrons. The van der Waals surface area contributed by atoms with Crippen molar-refractivity contribution in [2.45, 2.75) is 265 Å². The van der Waals surface area contributed by atoms with E-state index in [1.54, 1.807) is 0 Å². The molecule has 1 heterocycles. The summed E-state index contributed by atoms with van der Waals surface area (Å²) in [6.45, 7) is 14.7. The zero-order chi connectivity index (χ0) is 40.4. The number of rotatable bonds is 38. The van der Waals surface area contributed by atoms with Gasteiger partial charge in [0.15, 0.2) is 5.79 Å². The van der Waals surface area contributed by atoms with Crippen LogP contribution in [-0.4, -0.2) is 50.1 Å². The summed E-state index contributed by atoms with van der Waals surface area (Å²) in [4.78, 5) is 20.5. The Morgan fingerprint density at radius 1 is 0.574 bits per heavy atom. The summed E-state index contributed by atoms with van der Waals surface area (Å²) in [5.74, 6) is 1.21. The first-order valence-electron chi connectivity index (χ1n) is 23.7. The molecule has 0 aromatic heterocycles. The molecule has 0 amide bonds. The molecule has 1 rings (SSSR count). The van der Waals surface area contributed by atoms with Crippen LogP contribution in [0.1, 0.15) is 253 Å². The first-order valence-corrected chi connectivity index (χ1v) is 23.7. The molecule has 1 fully saturated rings. The highest BCUT2D eigenvalue weighted by Gasteiger charge is 2.39. The van der Waals surface area contributed by atoms with Gasteiger partial charge in [-0.1, -0.05) is 195 Å². The third-order valence-corrected chi connectivity index (χ3v) is 11.6. The van der Waals surface area contributed by atoms with Crippen LogP contribution in [0.3, 0.4) is 0 Å². The van der Waals surface area contributed by atoms with E-state index in [0.717, 1.165) is 51.7 Å². The number of aliphatic hydroxyl groups is 1. The Hall–Kier alpha value is -0.980. The van der Waals surface area contributed by atoms with E-state index < -0.39 is 0 Å². The molecule has 6 heteroatoms. The molecule has 0 spiro atoms. The fourth-order valence-corrected chi connectivity index (χ4v) is 8.11. The smallest absolute Gasteiger partial charge is 0.306 e. The summed E-state index contributed by atoms with van der Waals surface area (Å²) in [6.07, 6.45) is 43.4. The SMILES string of the molecule is C=O.CCCCCC(CCCCC)CCCCCCCCCC1(CCCCCCCCOC(=O)CC(CCCCC)CCCCC)OCC(CC)O1.CO. The van der Waals surface area contributed by atoms with Gasteiger partial charge >= 0.3 is 5.97 Å². The van der Waals surface area contributed by atoms with Gasteiger partial charge in [-0.05, 0) is 50.4 Å². The molecule has 1 saturated heterocycles. The highest BCUT2D eigenvalue weighted by Crippen LogP contribution is 2.35. The van der Waals surface area contributed by atoms with Crippen LogP contribution in [0, 0.1) is 11.8 Å². The standard InChI is InChI=1S/C46H90O4.CH4O.CH2O/c1-6-11-24-32-42(33-25-12-7-2)34-28-20-16-15-17-21-29-37-46(49-41-44(10-5)50-46)38-30-22-18-19-23-31-39-48-45(47)40-43(35-26-13-8-3)36-27-14-9-4;2*1-2/h42-44H,6-41H2,1-5H3;2H,1H3;1H2. The van der Waals surface area contributed by atoms with E-state index >= 15 is 0 Å². The van der Waals surface area contributed by atoms with E-state index in [1.807, 2.05) is 6.79 Å². The van der Waals surface area contributed by atoms with Gasteiger partial charge in [-0.3, -0.25) is 4.79 Å². The van der Waals surface area contributed by atoms with E-state index in [1.165, 1.54) is 180 Å². The van der Waals surface area contributed by atoms with Gasteiger partial charge in [0.2, 0.25) is 0 Å². The van der Waals surface area contributed by atoms with Crippen molar-refractivity contribution in [2.75, 3.05) is 20.3 Å². The average molecular weight is 769 g/mol. The minimum absolute atomic E-state index is 0.0323. The van der Waals surface area contributed by atoms with E-state index in [4.69, 9.17) is 24.1 Å². The Morgan fingerprint density at radius 2 is 0.944 bits per heavy atom. The van der Waals surface area contributed by atoms with Crippen molar-refractivity contribution in [3.8, 4) is 0 Å². The van der Waals surface area contributed by atoms with Gasteiger partial charge in [0, 0.05) is 26.4 Å². The van der Waals surface area contributed by atoms with Gasteiger partial charge in [0.25, 0.3) is 0 Å². The zero-order valence-electron chi connectivity index (χ0n) is 37.4. The molecule has 2 atom stereocenters. The van der Waals surface area contributed by atoms with Gasteiger partial charge in [0.1, 0.15) is 6.79 Å². The number of ether oxygens (including phenoxy) is 3. The minimum atomic E-state index is -0.329. The lowest BCUT2D eigenvalue weighted by Gasteiger charge is -2.28. The molecule has 1 N–H and O–H groups in total. The highest BCUT2D eigenvalue weighted by molar-refractivity contribution is 5.69. The number of carbonyl (C=O) groups excluding carboxylic acids is 2. The topological polar surface area (TPSA) is 82.1 Å². The van der Waals surface area contributed by atoms with Crippen LogP contribution in [0.4, 0.5) is 0 Å². The maximum atomic E-state index is 12.5. The molecule has 0 aromatic rings. The third kappa shape index (κ3) is 33.2. The molecule has 1 aliphatic rings. The highest BCUT2D eigenvalue weighted by atomic mass is 16.7. The molecule has 6 nitrogen and oxygen atoms in total. The van der Waals surface area contributed by atoms with Crippen LogP contribution in [0.5, 0.6) is 0 Å². The second kappa shape index (κ2) is 43.1. The average Bonchev–Trinajstić information content (AvgIpc) is 3.61. The summed E-state index contributed by atoms with van der Waals surface area (Å²) >= 11 is 0. The summed E-state index contributed by atoms with van der Waals surface area (Å²) in [7, 11) is 1.00. The van der Waals surface area contributed by atoms with Crippen molar-refractivity contribution in [3.05, 3.63) is 0 Å². The number of aliphatic hydroxyl groups excluding tert-OH is 1. The van der Waals surface area contributed by atoms with Crippen LogP contribution in [0.25, 0.3) is 0 Å². The molecule has 0 aliphatic carbocycles. The molecule has 1 aliphatic heterocycles. The molecule has 0 saturated carbocycles. The van der Waals surface area contributed by atoms with E-state index in [0.29, 0.717) is 18.9 Å². The fraction of sp³-hybridized carbons (Fsp3) is 0.958. The van der Waals surface area contributed by atoms with Gasteiger partial charge in [0.05, 0.1) is 19.3 Å². The van der Waals surface area contributed by atoms with Crippen LogP contribution in [0.2, 0.25) is 0 Å². The van der Waals surface area contributed by atoms with Crippen molar-refractivity contribution < 1.29 is 28.9 Å². The first-order chi connectivity index (χ1) is 26.5. The third-order valence-electron chi connectivity index (χ3n) is 11.6. The lowest BCUT2D eigenvalue weighted by atomic mass is 9.90. The van der Waals surface area contributed by atoms with Crippen molar-refractivity contribution in [1.29, 1.82) is 0 Å². The molecule has 0 radical (unpaired) electrons. The molecule has 0 aromatic carbocycles. The van der Waals surface area contributed by atoms with Gasteiger partial charge in [-0.15, -0.1) is 0 Å². The van der Waals surface area contributed by atoms with Crippen LogP contribution in [-0.2, 0) is 23.8 Å². The zero-order valence-corrected chi connectivity index (χ0v) is 37.4. The Labute approximate surface area is 337 Å². The summed E-state index contributed by atoms with van der Waals surface area (Å²) in [5, 5.41) is 7.00. The predicted octanol–water partition coefficient (Wildman–Crippen LogP) is 14.7. The molecule has 2 unspecified atom stereocenters. The largest absolute Gasteiger partial charge is 0.466 e. The van der Waals surface area contributed by atoms with Crippen molar-refractivity contribution in [2.24, 2.45) is 11.8 Å². The van der Waals surface area contributed by atoms with Crippen molar-refractivity contribution in [1.82, 2.24) is 0 Å². The Kier molecular flexibility index (Phi) is 44.0. The number of unbranched alkanes of at least 4 members (excludes halogenated alkanes) is 19. The second-order valence-corrected chi connectivity index (χ2v) is 16.4. The molecule has 54 heavy (non-hydrogen) atoms. The predicted molar refractivity (Wildman–Crippen MR) is 232 cm³/mol. The number of hydrogen-bond donors (Lipinski definition) is 1. The van der Waals surface area contributed by atoms with E-state index in [-0.39, 0.29) is 17.9 Å². The molecular weight excluding hydrogens is 673 g/mol. The second-order valence-electron chi connectivity index (χ2n) is 16.4. The van der Waals surface area contributed by atoms with Gasteiger partial charge in [-0.2, -0.15) is 0 Å². The van der Waals surface area contributed by atoms with E-state index in [9.17, 15) is 4.79 Å². The monoisotopic (exact) mass is 769 g/mol. The lowest BCUT2D eigenvalue weighted by molar-refractivity contribution is -0.179. The molecular formula is C48H96O6. The number of carbonyl (C=O) groups is 2. The van der Waals surface area contributed by atoms with Crippen molar-refractivity contribution >= 4 is 12.8 Å². The van der Waals surface area contributed by atoms with E-state index in [2.05, 4.69) is 34.6 Å². The summed E-state index contributed by atoms with van der Waals surface area (Å²) in [5.41, 5.74) is 0. The Balaban J connectivity index is 0. The quantitative estimate of drug-likeness (QED) is 0.0497. The van der Waals surface area contributed by atoms with Gasteiger partial charge < -0.3 is 24.1 Å². The fourth-order valence-electron chi connectivity index (χ4n) is 8.11. The van der Waals surface area contributed by atoms with Crippen LogP contribution < -0.4 is 0 Å². The summed E-state index contributed by atoms with van der Waals surface area (Å²) < 4.78 is 18.6. The maximum Gasteiger partial charge on any atom is 0.306 e. The Morgan fingerprint density at radius 3 is 1.35 bits per heavy atom. The van der Waals surface area contributed by atoms with Crippen molar-refractivity contribution in [3.63, 3.8) is 0 Å². The normalized spacial score (nSPS) is 16.6. The summed E-state index contributed by atoms with van der Waals surface area (Å²) in [6, 6.07) is 0. The van der Waals surface area contributed by atoms with Crippen LogP contribution in [0.15, 0.2) is 0 Å². The van der Waals surface area contributed by atoms with Gasteiger partial charge in [-0.25, -0.2) is 0 Å². The first kappa shape index (κ1) is 55.1. The number of hydrogen-bond acceptors (Lipinski definition) is 6. The maximum absolute atomic E-state index is 12.5. The minimum Gasteiger partial charge on any atom is -0.466 e. The van der Waals surface area contributed by atoms with Crippen LogP contribution >= 0.6 is 0 Å². The number of esters is 1. The Bertz CT molecular complexity index is 727. The lowest BCUT2D eigenvalue weighted by Crippen LogP contribution is -2.31.